The van der Waals surface area contributed by atoms with Gasteiger partial charge < -0.3 is 9.80 Å². The number of hydrogen-bond donors (Lipinski definition) is 0. The lowest BCUT2D eigenvalue weighted by Crippen LogP contribution is -2.55. The smallest absolute Gasteiger partial charge is 0.327 e. The second-order valence-electron chi connectivity index (χ2n) is 6.45. The molecule has 2 aliphatic rings. The molecule has 8 heteroatoms. The number of Topliss-reactive ketones (excluding diaryl/α,β-unsaturated/α-hetero) is 1. The number of amides is 3. The zero-order valence-electron chi connectivity index (χ0n) is 14.4. The average Bonchev–Trinajstić information content (AvgIpc) is 2.71. The van der Waals surface area contributed by atoms with Gasteiger partial charge in [-0.25, -0.2) is 14.8 Å². The zero-order valence-corrected chi connectivity index (χ0v) is 14.4. The Morgan fingerprint density at radius 1 is 1.21 bits per heavy atom. The number of carbonyl (C=O) groups excluding carboxylic acids is 3. The Morgan fingerprint density at radius 3 is 2.29 bits per heavy atom. The molecule has 0 aliphatic carbocycles. The SMILES string of the molecule is CC(=O)c1cnc(N2CCC3(CC2)C(=O)N(C)C(=O)N3C)nc1C. The van der Waals surface area contributed by atoms with E-state index in [9.17, 15) is 14.4 Å². The van der Waals surface area contributed by atoms with Gasteiger partial charge in [0.05, 0.1) is 11.3 Å². The number of piperidine rings is 1. The molecule has 24 heavy (non-hydrogen) atoms. The van der Waals surface area contributed by atoms with Gasteiger partial charge >= 0.3 is 6.03 Å². The van der Waals surface area contributed by atoms with Crippen molar-refractivity contribution >= 4 is 23.7 Å². The highest BCUT2D eigenvalue weighted by Gasteiger charge is 2.55. The van der Waals surface area contributed by atoms with E-state index in [1.54, 1.807) is 25.1 Å². The van der Waals surface area contributed by atoms with Crippen molar-refractivity contribution in [2.45, 2.75) is 32.2 Å². The fourth-order valence-corrected chi connectivity index (χ4v) is 3.53. The lowest BCUT2D eigenvalue weighted by molar-refractivity contribution is -0.133. The molecule has 2 saturated heterocycles. The first kappa shape index (κ1) is 16.4. The first-order valence-electron chi connectivity index (χ1n) is 7.93. The molecule has 3 heterocycles. The number of likely N-dealkylation sites (N-methyl/N-ethyl adjacent to an activating group) is 2. The molecule has 3 rings (SSSR count). The summed E-state index contributed by atoms with van der Waals surface area (Å²) in [6.07, 6.45) is 2.62. The topological polar surface area (TPSA) is 86.7 Å². The summed E-state index contributed by atoms with van der Waals surface area (Å²) >= 11 is 0. The fraction of sp³-hybridized carbons (Fsp3) is 0.562. The van der Waals surface area contributed by atoms with Crippen LogP contribution in [-0.2, 0) is 4.79 Å². The first-order valence-corrected chi connectivity index (χ1v) is 7.93. The van der Waals surface area contributed by atoms with Crippen molar-refractivity contribution in [3.63, 3.8) is 0 Å². The van der Waals surface area contributed by atoms with Gasteiger partial charge in [0.25, 0.3) is 5.91 Å². The normalized spacial score (nSPS) is 20.2. The Hall–Kier alpha value is -2.51. The van der Waals surface area contributed by atoms with E-state index in [1.807, 2.05) is 4.90 Å². The summed E-state index contributed by atoms with van der Waals surface area (Å²) in [6, 6.07) is -0.258. The zero-order chi connectivity index (χ0) is 17.6. The van der Waals surface area contributed by atoms with Crippen LogP contribution in [0.2, 0.25) is 0 Å². The van der Waals surface area contributed by atoms with E-state index in [0.717, 1.165) is 0 Å². The second-order valence-corrected chi connectivity index (χ2v) is 6.45. The number of anilines is 1. The number of imide groups is 1. The van der Waals surface area contributed by atoms with Crippen LogP contribution in [0.25, 0.3) is 0 Å². The van der Waals surface area contributed by atoms with Crippen molar-refractivity contribution in [3.05, 3.63) is 17.5 Å². The average molecular weight is 331 g/mol. The van der Waals surface area contributed by atoms with E-state index in [0.29, 0.717) is 43.1 Å². The third kappa shape index (κ3) is 2.24. The quantitative estimate of drug-likeness (QED) is 0.590. The number of nitrogens with zero attached hydrogens (tertiary/aromatic N) is 5. The van der Waals surface area contributed by atoms with Crippen LogP contribution in [0.3, 0.4) is 0 Å². The van der Waals surface area contributed by atoms with Gasteiger partial charge in [-0.05, 0) is 26.7 Å². The van der Waals surface area contributed by atoms with Crippen LogP contribution in [0.4, 0.5) is 10.7 Å². The summed E-state index contributed by atoms with van der Waals surface area (Å²) in [4.78, 5) is 49.5. The molecule has 1 spiro atoms. The summed E-state index contributed by atoms with van der Waals surface area (Å²) in [7, 11) is 3.21. The van der Waals surface area contributed by atoms with Crippen molar-refractivity contribution in [1.82, 2.24) is 19.8 Å². The molecule has 0 saturated carbocycles. The monoisotopic (exact) mass is 331 g/mol. The number of urea groups is 1. The van der Waals surface area contributed by atoms with Crippen LogP contribution >= 0.6 is 0 Å². The molecule has 1 aromatic rings. The molecule has 2 aliphatic heterocycles. The van der Waals surface area contributed by atoms with Gasteiger partial charge in [0.2, 0.25) is 5.95 Å². The van der Waals surface area contributed by atoms with Gasteiger partial charge in [-0.15, -0.1) is 0 Å². The summed E-state index contributed by atoms with van der Waals surface area (Å²) in [5.74, 6) is 0.357. The lowest BCUT2D eigenvalue weighted by atomic mass is 9.86. The molecule has 0 N–H and O–H groups in total. The molecule has 0 unspecified atom stereocenters. The molecular weight excluding hydrogens is 310 g/mol. The van der Waals surface area contributed by atoms with Crippen LogP contribution < -0.4 is 4.90 Å². The number of ketones is 1. The highest BCUT2D eigenvalue weighted by atomic mass is 16.2. The van der Waals surface area contributed by atoms with Crippen LogP contribution in [-0.4, -0.2) is 70.2 Å². The molecule has 128 valence electrons. The number of aromatic nitrogens is 2. The van der Waals surface area contributed by atoms with E-state index < -0.39 is 5.54 Å². The Bertz CT molecular complexity index is 724. The minimum Gasteiger partial charge on any atom is -0.341 e. The molecule has 0 bridgehead atoms. The molecule has 8 nitrogen and oxygen atoms in total. The van der Waals surface area contributed by atoms with E-state index >= 15 is 0 Å². The molecule has 0 radical (unpaired) electrons. The predicted octanol–water partition coefficient (Wildman–Crippen LogP) is 0.850. The van der Waals surface area contributed by atoms with Gasteiger partial charge in [-0.3, -0.25) is 14.5 Å². The van der Waals surface area contributed by atoms with Gasteiger partial charge in [0.1, 0.15) is 5.54 Å². The Labute approximate surface area is 140 Å². The predicted molar refractivity (Wildman–Crippen MR) is 86.9 cm³/mol. The summed E-state index contributed by atoms with van der Waals surface area (Å²) < 4.78 is 0. The van der Waals surface area contributed by atoms with Crippen LogP contribution in [0, 0.1) is 6.92 Å². The first-order chi connectivity index (χ1) is 11.3. The summed E-state index contributed by atoms with van der Waals surface area (Å²) in [5, 5.41) is 0. The minimum absolute atomic E-state index is 0.0589. The third-order valence-electron chi connectivity index (χ3n) is 5.14. The fourth-order valence-electron chi connectivity index (χ4n) is 3.53. The second kappa shape index (κ2) is 5.54. The van der Waals surface area contributed by atoms with Crippen molar-refractivity contribution in [2.75, 3.05) is 32.1 Å². The third-order valence-corrected chi connectivity index (χ3v) is 5.14. The van der Waals surface area contributed by atoms with Gasteiger partial charge in [-0.1, -0.05) is 0 Å². The van der Waals surface area contributed by atoms with Gasteiger partial charge in [0, 0.05) is 33.4 Å². The highest BCUT2D eigenvalue weighted by molar-refractivity contribution is 6.06. The molecule has 0 atom stereocenters. The Morgan fingerprint density at radius 2 is 1.83 bits per heavy atom. The van der Waals surface area contributed by atoms with Crippen LogP contribution in [0.1, 0.15) is 35.8 Å². The Balaban J connectivity index is 1.78. The maximum Gasteiger partial charge on any atom is 0.327 e. The Kier molecular flexibility index (Phi) is 3.77. The number of carbonyl (C=O) groups is 3. The maximum absolute atomic E-state index is 12.5. The van der Waals surface area contributed by atoms with Crippen molar-refractivity contribution < 1.29 is 14.4 Å². The largest absolute Gasteiger partial charge is 0.341 e. The van der Waals surface area contributed by atoms with E-state index in [-0.39, 0.29) is 17.7 Å². The van der Waals surface area contributed by atoms with Gasteiger partial charge in [0.15, 0.2) is 5.78 Å². The number of aryl methyl sites for hydroxylation is 1. The van der Waals surface area contributed by atoms with E-state index in [1.165, 1.54) is 18.9 Å². The highest BCUT2D eigenvalue weighted by Crippen LogP contribution is 2.36. The van der Waals surface area contributed by atoms with Crippen molar-refractivity contribution in [1.29, 1.82) is 0 Å². The molecule has 0 aromatic carbocycles. The molecule has 3 amide bonds. The van der Waals surface area contributed by atoms with Crippen LogP contribution in [0.5, 0.6) is 0 Å². The van der Waals surface area contributed by atoms with E-state index in [4.69, 9.17) is 0 Å². The van der Waals surface area contributed by atoms with Crippen LogP contribution in [0.15, 0.2) is 6.20 Å². The number of hydrogen-bond acceptors (Lipinski definition) is 6. The summed E-state index contributed by atoms with van der Waals surface area (Å²) in [6.45, 7) is 4.44. The molecular formula is C16H21N5O3. The van der Waals surface area contributed by atoms with Crippen molar-refractivity contribution in [3.8, 4) is 0 Å². The maximum atomic E-state index is 12.5. The minimum atomic E-state index is -0.753. The lowest BCUT2D eigenvalue weighted by Gasteiger charge is -2.40. The number of rotatable bonds is 2. The van der Waals surface area contributed by atoms with Crippen molar-refractivity contribution in [2.24, 2.45) is 0 Å². The summed E-state index contributed by atoms with van der Waals surface area (Å²) in [5.41, 5.74) is 0.415. The van der Waals surface area contributed by atoms with E-state index in [2.05, 4.69) is 9.97 Å². The molecule has 2 fully saturated rings. The standard InChI is InChI=1S/C16H21N5O3/c1-10-12(11(2)22)9-17-14(18-10)21-7-5-16(6-8-21)13(23)19(3)15(24)20(16)4/h9H,5-8H2,1-4H3. The molecule has 1 aromatic heterocycles. The van der Waals surface area contributed by atoms with Gasteiger partial charge in [-0.2, -0.15) is 0 Å².